The number of hydrogen-bond acceptors (Lipinski definition) is 4. The fraction of sp³-hybridized carbons (Fsp3) is 0.846. The van der Waals surface area contributed by atoms with Crippen LogP contribution < -0.4 is 11.1 Å². The van der Waals surface area contributed by atoms with Crippen molar-refractivity contribution in [3.8, 4) is 0 Å². The molecule has 1 unspecified atom stereocenters. The molecule has 0 saturated carbocycles. The van der Waals surface area contributed by atoms with Crippen molar-refractivity contribution >= 4 is 23.6 Å². The zero-order valence-corrected chi connectivity index (χ0v) is 12.8. The first-order chi connectivity index (χ1) is 8.86. The fourth-order valence-electron chi connectivity index (χ4n) is 1.90. The average molecular weight is 290 g/mol. The molecule has 0 aromatic carbocycles. The first kappa shape index (κ1) is 18.2. The average Bonchev–Trinajstić information content (AvgIpc) is 2.31. The molecule has 1 amide bonds. The molecule has 0 aliphatic carbocycles. The van der Waals surface area contributed by atoms with Gasteiger partial charge in [0, 0.05) is 13.0 Å². The molecule has 0 aromatic heterocycles. The van der Waals surface area contributed by atoms with E-state index in [2.05, 4.69) is 5.32 Å². The monoisotopic (exact) mass is 290 g/mol. The summed E-state index contributed by atoms with van der Waals surface area (Å²) >= 11 is 1.65. The van der Waals surface area contributed by atoms with Crippen molar-refractivity contribution in [2.75, 3.05) is 18.6 Å². The highest BCUT2D eigenvalue weighted by molar-refractivity contribution is 7.98. The number of carboxylic acids is 1. The Morgan fingerprint density at radius 1 is 1.37 bits per heavy atom. The number of hydrogen-bond donors (Lipinski definition) is 3. The SMILES string of the molecule is CSCC[C@@H](N)C(=O)NCC(CC(=O)O)CC(C)C. The molecule has 112 valence electrons. The Labute approximate surface area is 119 Å². The quantitative estimate of drug-likeness (QED) is 0.564. The number of nitrogens with two attached hydrogens (primary N) is 1. The third-order valence-corrected chi connectivity index (χ3v) is 3.45. The van der Waals surface area contributed by atoms with Crippen molar-refractivity contribution in [2.24, 2.45) is 17.6 Å². The van der Waals surface area contributed by atoms with E-state index in [4.69, 9.17) is 10.8 Å². The van der Waals surface area contributed by atoms with Crippen molar-refractivity contribution in [3.05, 3.63) is 0 Å². The van der Waals surface area contributed by atoms with Gasteiger partial charge in [0.2, 0.25) is 5.91 Å². The highest BCUT2D eigenvalue weighted by atomic mass is 32.2. The van der Waals surface area contributed by atoms with E-state index in [1.807, 2.05) is 20.1 Å². The van der Waals surface area contributed by atoms with E-state index < -0.39 is 12.0 Å². The van der Waals surface area contributed by atoms with Crippen LogP contribution in [-0.4, -0.2) is 41.6 Å². The molecule has 0 bridgehead atoms. The van der Waals surface area contributed by atoms with Crippen molar-refractivity contribution in [3.63, 3.8) is 0 Å². The molecule has 0 aromatic rings. The van der Waals surface area contributed by atoms with Crippen LogP contribution in [0.1, 0.15) is 33.1 Å². The standard InChI is InChI=1S/C13H26N2O3S/c1-9(2)6-10(7-12(16)17)8-15-13(18)11(14)4-5-19-3/h9-11H,4-8,14H2,1-3H3,(H,15,18)(H,16,17)/t10?,11-/m1/s1. The van der Waals surface area contributed by atoms with Crippen LogP contribution in [0.5, 0.6) is 0 Å². The van der Waals surface area contributed by atoms with Gasteiger partial charge in [-0.05, 0) is 36.7 Å². The third kappa shape index (κ3) is 9.78. The summed E-state index contributed by atoms with van der Waals surface area (Å²) in [4.78, 5) is 22.5. The summed E-state index contributed by atoms with van der Waals surface area (Å²) in [5.41, 5.74) is 5.75. The molecule has 0 rings (SSSR count). The number of carbonyl (C=O) groups is 2. The van der Waals surface area contributed by atoms with Crippen molar-refractivity contribution in [1.82, 2.24) is 5.32 Å². The summed E-state index contributed by atoms with van der Waals surface area (Å²) in [7, 11) is 0. The van der Waals surface area contributed by atoms with E-state index in [1.165, 1.54) is 0 Å². The molecule has 0 radical (unpaired) electrons. The van der Waals surface area contributed by atoms with Crippen LogP contribution in [0, 0.1) is 11.8 Å². The first-order valence-electron chi connectivity index (χ1n) is 6.60. The largest absolute Gasteiger partial charge is 0.481 e. The Bertz CT molecular complexity index is 285. The van der Waals surface area contributed by atoms with Gasteiger partial charge < -0.3 is 16.2 Å². The molecule has 0 saturated heterocycles. The molecular weight excluding hydrogens is 264 g/mol. The van der Waals surface area contributed by atoms with E-state index in [-0.39, 0.29) is 18.2 Å². The van der Waals surface area contributed by atoms with Crippen LogP contribution in [-0.2, 0) is 9.59 Å². The second-order valence-corrected chi connectivity index (χ2v) is 6.21. The van der Waals surface area contributed by atoms with Gasteiger partial charge in [-0.15, -0.1) is 0 Å². The zero-order chi connectivity index (χ0) is 14.8. The molecule has 0 spiro atoms. The smallest absolute Gasteiger partial charge is 0.303 e. The van der Waals surface area contributed by atoms with E-state index in [0.717, 1.165) is 12.2 Å². The Balaban J connectivity index is 4.14. The van der Waals surface area contributed by atoms with Gasteiger partial charge in [0.1, 0.15) is 0 Å². The Morgan fingerprint density at radius 3 is 2.47 bits per heavy atom. The Hall–Kier alpha value is -0.750. The molecule has 5 nitrogen and oxygen atoms in total. The lowest BCUT2D eigenvalue weighted by Gasteiger charge is -2.19. The van der Waals surface area contributed by atoms with Crippen LogP contribution >= 0.6 is 11.8 Å². The Morgan fingerprint density at radius 2 is 2.00 bits per heavy atom. The second kappa shape index (κ2) is 10.1. The first-order valence-corrected chi connectivity index (χ1v) is 8.00. The predicted octanol–water partition coefficient (Wildman–Crippen LogP) is 1.32. The Kier molecular flexibility index (Phi) is 9.69. The predicted molar refractivity (Wildman–Crippen MR) is 79.2 cm³/mol. The minimum atomic E-state index is -0.827. The molecule has 19 heavy (non-hydrogen) atoms. The lowest BCUT2D eigenvalue weighted by atomic mass is 9.94. The third-order valence-electron chi connectivity index (χ3n) is 2.80. The van der Waals surface area contributed by atoms with Gasteiger partial charge in [-0.1, -0.05) is 13.8 Å². The summed E-state index contributed by atoms with van der Waals surface area (Å²) < 4.78 is 0. The molecule has 0 heterocycles. The minimum Gasteiger partial charge on any atom is -0.481 e. The van der Waals surface area contributed by atoms with Gasteiger partial charge in [-0.2, -0.15) is 11.8 Å². The second-order valence-electron chi connectivity index (χ2n) is 5.23. The van der Waals surface area contributed by atoms with Crippen LogP contribution in [0.15, 0.2) is 0 Å². The van der Waals surface area contributed by atoms with Crippen molar-refractivity contribution < 1.29 is 14.7 Å². The number of carbonyl (C=O) groups excluding carboxylic acids is 1. The summed E-state index contributed by atoms with van der Waals surface area (Å²) in [5, 5.41) is 11.6. The van der Waals surface area contributed by atoms with Gasteiger partial charge in [0.15, 0.2) is 0 Å². The normalized spacial score (nSPS) is 14.2. The van der Waals surface area contributed by atoms with Gasteiger partial charge >= 0.3 is 5.97 Å². The minimum absolute atomic E-state index is 0.0331. The summed E-state index contributed by atoms with van der Waals surface area (Å²) in [6, 6.07) is -0.503. The number of thioether (sulfide) groups is 1. The number of carboxylic acid groups (broad SMARTS) is 1. The van der Waals surface area contributed by atoms with Crippen LogP contribution in [0.25, 0.3) is 0 Å². The molecule has 0 aliphatic rings. The van der Waals surface area contributed by atoms with E-state index >= 15 is 0 Å². The molecule has 0 aliphatic heterocycles. The highest BCUT2D eigenvalue weighted by Gasteiger charge is 2.18. The van der Waals surface area contributed by atoms with Gasteiger partial charge in [-0.25, -0.2) is 0 Å². The van der Waals surface area contributed by atoms with Gasteiger partial charge in [0.25, 0.3) is 0 Å². The zero-order valence-electron chi connectivity index (χ0n) is 12.0. The lowest BCUT2D eigenvalue weighted by molar-refractivity contribution is -0.138. The van der Waals surface area contributed by atoms with E-state index in [1.54, 1.807) is 11.8 Å². The van der Waals surface area contributed by atoms with Crippen LogP contribution in [0.4, 0.5) is 0 Å². The molecule has 2 atom stereocenters. The van der Waals surface area contributed by atoms with Crippen LogP contribution in [0.3, 0.4) is 0 Å². The van der Waals surface area contributed by atoms with E-state index in [0.29, 0.717) is 18.9 Å². The van der Waals surface area contributed by atoms with Crippen molar-refractivity contribution in [1.29, 1.82) is 0 Å². The number of amides is 1. The molecular formula is C13H26N2O3S. The number of aliphatic carboxylic acids is 1. The highest BCUT2D eigenvalue weighted by Crippen LogP contribution is 2.14. The molecule has 6 heteroatoms. The molecule has 4 N–H and O–H groups in total. The molecule has 0 fully saturated rings. The van der Waals surface area contributed by atoms with E-state index in [9.17, 15) is 9.59 Å². The number of rotatable bonds is 10. The fourth-order valence-corrected chi connectivity index (χ4v) is 2.39. The van der Waals surface area contributed by atoms with Gasteiger partial charge in [0.05, 0.1) is 6.04 Å². The maximum atomic E-state index is 11.7. The maximum absolute atomic E-state index is 11.7. The lowest BCUT2D eigenvalue weighted by Crippen LogP contribution is -2.43. The van der Waals surface area contributed by atoms with Gasteiger partial charge in [-0.3, -0.25) is 9.59 Å². The summed E-state index contributed by atoms with van der Waals surface area (Å²) in [6.45, 7) is 4.47. The van der Waals surface area contributed by atoms with Crippen molar-refractivity contribution in [2.45, 2.75) is 39.2 Å². The maximum Gasteiger partial charge on any atom is 0.303 e. The van der Waals surface area contributed by atoms with Crippen LogP contribution in [0.2, 0.25) is 0 Å². The number of nitrogens with one attached hydrogen (secondary N) is 1. The summed E-state index contributed by atoms with van der Waals surface area (Å²) in [6.07, 6.45) is 3.47. The summed E-state index contributed by atoms with van der Waals surface area (Å²) in [5.74, 6) is 0.208. The topological polar surface area (TPSA) is 92.4 Å².